The molecule has 0 saturated carbocycles. The van der Waals surface area contributed by atoms with Gasteiger partial charge in [0.15, 0.2) is 0 Å². The number of halogens is 4. The molecule has 1 aromatic rings. The number of alkyl halides is 3. The van der Waals surface area contributed by atoms with Crippen molar-refractivity contribution < 1.29 is 22.7 Å². The average molecular weight is 341 g/mol. The third-order valence-corrected chi connectivity index (χ3v) is 2.70. The van der Waals surface area contributed by atoms with Crippen molar-refractivity contribution in [2.45, 2.75) is 32.0 Å². The van der Waals surface area contributed by atoms with Gasteiger partial charge in [0.25, 0.3) is 0 Å². The molecule has 0 aliphatic rings. The van der Waals surface area contributed by atoms with E-state index in [4.69, 9.17) is 10.5 Å². The van der Waals surface area contributed by atoms with Crippen LogP contribution in [0.5, 0.6) is 5.75 Å². The molecule has 0 aromatic heterocycles. The van der Waals surface area contributed by atoms with Gasteiger partial charge in [-0.3, -0.25) is 4.79 Å². The molecule has 0 aliphatic carbocycles. The molecule has 1 unspecified atom stereocenters. The summed E-state index contributed by atoms with van der Waals surface area (Å²) in [6, 6.07) is 4.38. The van der Waals surface area contributed by atoms with Gasteiger partial charge in [0.05, 0.1) is 12.1 Å². The van der Waals surface area contributed by atoms with Gasteiger partial charge in [0, 0.05) is 12.5 Å². The molecule has 4 nitrogen and oxygen atoms in total. The van der Waals surface area contributed by atoms with Crippen LogP contribution < -0.4 is 15.8 Å². The number of benzene rings is 1. The molecule has 0 spiro atoms. The quantitative estimate of drug-likeness (QED) is 0.750. The summed E-state index contributed by atoms with van der Waals surface area (Å²) in [5, 5.41) is 2.64. The minimum absolute atomic E-state index is 0. The van der Waals surface area contributed by atoms with Crippen LogP contribution >= 0.6 is 12.4 Å². The van der Waals surface area contributed by atoms with Gasteiger partial charge in [-0.2, -0.15) is 13.2 Å². The minimum Gasteiger partial charge on any atom is -0.492 e. The normalized spacial score (nSPS) is 12.2. The number of carbonyl (C=O) groups excluding carboxylic acids is 1. The molecule has 0 heterocycles. The van der Waals surface area contributed by atoms with Gasteiger partial charge < -0.3 is 15.8 Å². The third kappa shape index (κ3) is 8.09. The topological polar surface area (TPSA) is 64.4 Å². The van der Waals surface area contributed by atoms with Crippen molar-refractivity contribution in [3.05, 3.63) is 29.8 Å². The molecule has 0 aliphatic heterocycles. The van der Waals surface area contributed by atoms with E-state index in [0.717, 1.165) is 12.1 Å². The Bertz CT molecular complexity index is 450. The van der Waals surface area contributed by atoms with E-state index >= 15 is 0 Å². The highest BCUT2D eigenvalue weighted by molar-refractivity contribution is 5.85. The van der Waals surface area contributed by atoms with Crippen LogP contribution in [0.15, 0.2) is 24.3 Å². The molecular formula is C14H20ClF3N2O2. The van der Waals surface area contributed by atoms with Crippen LogP contribution in [0, 0.1) is 0 Å². The lowest BCUT2D eigenvalue weighted by Gasteiger charge is -2.10. The second-order valence-electron chi connectivity index (χ2n) is 4.74. The standard InChI is InChI=1S/C14H19F3N2O2.ClH/c1-10(18)2-7-13(20)19-8-9-21-12-5-3-11(4-6-12)14(15,16)17;/h3-6,10H,2,7-9,18H2,1H3,(H,19,20);1H. The third-order valence-electron chi connectivity index (χ3n) is 2.70. The summed E-state index contributed by atoms with van der Waals surface area (Å²) in [6.45, 7) is 2.30. The van der Waals surface area contributed by atoms with E-state index in [1.54, 1.807) is 0 Å². The summed E-state index contributed by atoms with van der Waals surface area (Å²) in [5.41, 5.74) is 4.81. The molecule has 1 rings (SSSR count). The van der Waals surface area contributed by atoms with Gasteiger partial charge in [-0.05, 0) is 37.6 Å². The second-order valence-corrected chi connectivity index (χ2v) is 4.74. The summed E-state index contributed by atoms with van der Waals surface area (Å²) in [5.74, 6) is 0.205. The van der Waals surface area contributed by atoms with Gasteiger partial charge in [0.2, 0.25) is 5.91 Å². The number of hydrogen-bond donors (Lipinski definition) is 2. The molecule has 0 saturated heterocycles. The van der Waals surface area contributed by atoms with Crippen molar-refractivity contribution >= 4 is 18.3 Å². The lowest BCUT2D eigenvalue weighted by molar-refractivity contribution is -0.137. The Morgan fingerprint density at radius 1 is 1.32 bits per heavy atom. The van der Waals surface area contributed by atoms with Crippen molar-refractivity contribution in [1.82, 2.24) is 5.32 Å². The highest BCUT2D eigenvalue weighted by Gasteiger charge is 2.29. The SMILES string of the molecule is CC(N)CCC(=O)NCCOc1ccc(C(F)(F)F)cc1.Cl. The number of nitrogens with two attached hydrogens (primary N) is 1. The van der Waals surface area contributed by atoms with Gasteiger partial charge in [-0.1, -0.05) is 0 Å². The van der Waals surface area contributed by atoms with Crippen LogP contribution in [0.25, 0.3) is 0 Å². The van der Waals surface area contributed by atoms with Crippen molar-refractivity contribution in [3.63, 3.8) is 0 Å². The lowest BCUT2D eigenvalue weighted by atomic mass is 10.2. The fourth-order valence-electron chi connectivity index (χ4n) is 1.55. The maximum absolute atomic E-state index is 12.3. The zero-order valence-corrected chi connectivity index (χ0v) is 13.0. The molecule has 1 amide bonds. The Morgan fingerprint density at radius 2 is 1.91 bits per heavy atom. The maximum atomic E-state index is 12.3. The minimum atomic E-state index is -4.35. The molecule has 8 heteroatoms. The molecule has 1 aromatic carbocycles. The molecular weight excluding hydrogens is 321 g/mol. The zero-order chi connectivity index (χ0) is 15.9. The number of amides is 1. The molecule has 3 N–H and O–H groups in total. The predicted molar refractivity (Wildman–Crippen MR) is 80.1 cm³/mol. The summed E-state index contributed by atoms with van der Waals surface area (Å²) in [4.78, 5) is 11.4. The van der Waals surface area contributed by atoms with E-state index in [0.29, 0.717) is 25.1 Å². The molecule has 0 radical (unpaired) electrons. The van der Waals surface area contributed by atoms with E-state index in [9.17, 15) is 18.0 Å². The van der Waals surface area contributed by atoms with E-state index in [-0.39, 0.29) is 31.0 Å². The number of ether oxygens (including phenoxy) is 1. The predicted octanol–water partition coefficient (Wildman–Crippen LogP) is 2.75. The van der Waals surface area contributed by atoms with Gasteiger partial charge in [-0.25, -0.2) is 0 Å². The number of carbonyl (C=O) groups is 1. The largest absolute Gasteiger partial charge is 0.492 e. The Labute approximate surface area is 133 Å². The Kier molecular flexibility index (Phi) is 8.89. The first-order chi connectivity index (χ1) is 9.79. The Balaban J connectivity index is 0.00000441. The van der Waals surface area contributed by atoms with Crippen LogP contribution in [-0.4, -0.2) is 25.1 Å². The fourth-order valence-corrected chi connectivity index (χ4v) is 1.55. The maximum Gasteiger partial charge on any atom is 0.416 e. The Morgan fingerprint density at radius 3 is 2.41 bits per heavy atom. The van der Waals surface area contributed by atoms with Gasteiger partial charge in [-0.15, -0.1) is 12.4 Å². The second kappa shape index (κ2) is 9.53. The molecule has 1 atom stereocenters. The Hall–Kier alpha value is -1.47. The van der Waals surface area contributed by atoms with E-state index < -0.39 is 11.7 Å². The average Bonchev–Trinajstić information content (AvgIpc) is 2.41. The van der Waals surface area contributed by atoms with Gasteiger partial charge in [0.1, 0.15) is 12.4 Å². The van der Waals surface area contributed by atoms with Crippen LogP contribution in [-0.2, 0) is 11.0 Å². The van der Waals surface area contributed by atoms with Crippen molar-refractivity contribution in [1.29, 1.82) is 0 Å². The molecule has 0 bridgehead atoms. The van der Waals surface area contributed by atoms with Crippen LogP contribution in [0.4, 0.5) is 13.2 Å². The fraction of sp³-hybridized carbons (Fsp3) is 0.500. The lowest BCUT2D eigenvalue weighted by Crippen LogP contribution is -2.29. The molecule has 126 valence electrons. The van der Waals surface area contributed by atoms with Crippen LogP contribution in [0.3, 0.4) is 0 Å². The number of nitrogens with one attached hydrogen (secondary N) is 1. The monoisotopic (exact) mass is 340 g/mol. The highest BCUT2D eigenvalue weighted by atomic mass is 35.5. The number of rotatable bonds is 7. The zero-order valence-electron chi connectivity index (χ0n) is 12.2. The van der Waals surface area contributed by atoms with Crippen LogP contribution in [0.1, 0.15) is 25.3 Å². The van der Waals surface area contributed by atoms with Crippen molar-refractivity contribution in [2.24, 2.45) is 5.73 Å². The van der Waals surface area contributed by atoms with Crippen molar-refractivity contribution in [2.75, 3.05) is 13.2 Å². The first kappa shape index (κ1) is 20.5. The van der Waals surface area contributed by atoms with E-state index in [1.807, 2.05) is 6.92 Å². The molecule has 22 heavy (non-hydrogen) atoms. The van der Waals surface area contributed by atoms with Crippen molar-refractivity contribution in [3.8, 4) is 5.75 Å². The first-order valence-corrected chi connectivity index (χ1v) is 6.61. The van der Waals surface area contributed by atoms with Crippen LogP contribution in [0.2, 0.25) is 0 Å². The van der Waals surface area contributed by atoms with Gasteiger partial charge >= 0.3 is 6.18 Å². The molecule has 0 fully saturated rings. The first-order valence-electron chi connectivity index (χ1n) is 6.61. The van der Waals surface area contributed by atoms with E-state index in [2.05, 4.69) is 5.32 Å². The number of hydrogen-bond acceptors (Lipinski definition) is 3. The summed E-state index contributed by atoms with van der Waals surface area (Å²) in [7, 11) is 0. The summed E-state index contributed by atoms with van der Waals surface area (Å²) in [6.07, 6.45) is -3.41. The summed E-state index contributed by atoms with van der Waals surface area (Å²) >= 11 is 0. The highest BCUT2D eigenvalue weighted by Crippen LogP contribution is 2.30. The smallest absolute Gasteiger partial charge is 0.416 e. The summed E-state index contributed by atoms with van der Waals surface area (Å²) < 4.78 is 42.3. The van der Waals surface area contributed by atoms with E-state index in [1.165, 1.54) is 12.1 Å².